The SMILES string of the molecule is COc1cc(C(O)C(O)CC#N)cc([N+](=O)[O-])c1. The molecule has 0 fully saturated rings. The highest BCUT2D eigenvalue weighted by molar-refractivity contribution is 5.43. The second-order valence-corrected chi connectivity index (χ2v) is 3.60. The van der Waals surface area contributed by atoms with E-state index >= 15 is 0 Å². The van der Waals surface area contributed by atoms with Gasteiger partial charge >= 0.3 is 0 Å². The molecule has 0 aromatic heterocycles. The molecule has 0 aliphatic heterocycles. The zero-order valence-electron chi connectivity index (χ0n) is 9.61. The maximum Gasteiger partial charge on any atom is 0.273 e. The number of nitro benzene ring substituents is 1. The molecule has 2 atom stereocenters. The summed E-state index contributed by atoms with van der Waals surface area (Å²) in [4.78, 5) is 10.1. The highest BCUT2D eigenvalue weighted by Gasteiger charge is 2.21. The highest BCUT2D eigenvalue weighted by Crippen LogP contribution is 2.28. The Morgan fingerprint density at radius 3 is 2.67 bits per heavy atom. The van der Waals surface area contributed by atoms with Crippen molar-refractivity contribution in [2.75, 3.05) is 7.11 Å². The smallest absolute Gasteiger partial charge is 0.273 e. The summed E-state index contributed by atoms with van der Waals surface area (Å²) in [5.41, 5.74) is -0.128. The van der Waals surface area contributed by atoms with E-state index in [4.69, 9.17) is 10.00 Å². The van der Waals surface area contributed by atoms with Gasteiger partial charge in [0, 0.05) is 6.07 Å². The maximum atomic E-state index is 10.7. The normalized spacial score (nSPS) is 13.4. The number of hydrogen-bond acceptors (Lipinski definition) is 6. The summed E-state index contributed by atoms with van der Waals surface area (Å²) >= 11 is 0. The van der Waals surface area contributed by atoms with Gasteiger partial charge in [0.15, 0.2) is 0 Å². The summed E-state index contributed by atoms with van der Waals surface area (Å²) in [7, 11) is 1.33. The van der Waals surface area contributed by atoms with E-state index in [-0.39, 0.29) is 23.4 Å². The third-order valence-electron chi connectivity index (χ3n) is 2.37. The van der Waals surface area contributed by atoms with Crippen molar-refractivity contribution in [3.63, 3.8) is 0 Å². The molecule has 0 saturated heterocycles. The topological polar surface area (TPSA) is 117 Å². The van der Waals surface area contributed by atoms with Crippen LogP contribution < -0.4 is 4.74 Å². The molecule has 0 saturated carbocycles. The molecule has 1 aromatic rings. The van der Waals surface area contributed by atoms with Crippen molar-refractivity contribution >= 4 is 5.69 Å². The van der Waals surface area contributed by atoms with Crippen LogP contribution in [0.2, 0.25) is 0 Å². The standard InChI is InChI=1S/C11H12N2O5/c1-18-9-5-7(4-8(6-9)13(16)17)11(15)10(14)2-3-12/h4-6,10-11,14-15H,2H2,1H3. The van der Waals surface area contributed by atoms with E-state index in [9.17, 15) is 20.3 Å². The molecule has 0 aliphatic rings. The van der Waals surface area contributed by atoms with Crippen LogP contribution in [0, 0.1) is 21.4 Å². The molecule has 0 bridgehead atoms. The number of aliphatic hydroxyl groups is 2. The molecule has 96 valence electrons. The average molecular weight is 252 g/mol. The van der Waals surface area contributed by atoms with Crippen LogP contribution in [0.3, 0.4) is 0 Å². The van der Waals surface area contributed by atoms with E-state index in [2.05, 4.69) is 0 Å². The molecule has 0 spiro atoms. The van der Waals surface area contributed by atoms with E-state index in [0.717, 1.165) is 6.07 Å². The lowest BCUT2D eigenvalue weighted by molar-refractivity contribution is -0.385. The minimum absolute atomic E-state index is 0.129. The van der Waals surface area contributed by atoms with E-state index in [1.807, 2.05) is 0 Å². The van der Waals surface area contributed by atoms with Gasteiger partial charge in [0.05, 0.1) is 36.7 Å². The molecule has 7 nitrogen and oxygen atoms in total. The number of nitriles is 1. The van der Waals surface area contributed by atoms with Crippen molar-refractivity contribution in [2.24, 2.45) is 0 Å². The molecule has 7 heteroatoms. The van der Waals surface area contributed by atoms with E-state index < -0.39 is 17.1 Å². The molecule has 1 rings (SSSR count). The van der Waals surface area contributed by atoms with Gasteiger partial charge in [0.1, 0.15) is 11.9 Å². The number of methoxy groups -OCH3 is 1. The number of nitro groups is 1. The first kappa shape index (κ1) is 13.9. The first-order valence-electron chi connectivity index (χ1n) is 5.06. The lowest BCUT2D eigenvalue weighted by Gasteiger charge is -2.16. The fourth-order valence-electron chi connectivity index (χ4n) is 1.43. The van der Waals surface area contributed by atoms with Gasteiger partial charge in [-0.3, -0.25) is 10.1 Å². The lowest BCUT2D eigenvalue weighted by Crippen LogP contribution is -2.17. The van der Waals surface area contributed by atoms with Crippen LogP contribution in [0.1, 0.15) is 18.1 Å². The van der Waals surface area contributed by atoms with Crippen LogP contribution in [0.4, 0.5) is 5.69 Å². The van der Waals surface area contributed by atoms with Crippen LogP contribution in [-0.2, 0) is 0 Å². The van der Waals surface area contributed by atoms with E-state index in [1.165, 1.54) is 19.2 Å². The van der Waals surface area contributed by atoms with Gasteiger partial charge in [0.25, 0.3) is 5.69 Å². The summed E-state index contributed by atoms with van der Waals surface area (Å²) < 4.78 is 4.87. The Morgan fingerprint density at radius 1 is 1.50 bits per heavy atom. The molecular weight excluding hydrogens is 240 g/mol. The molecule has 18 heavy (non-hydrogen) atoms. The Hall–Kier alpha value is -2.17. The molecular formula is C11H12N2O5. The van der Waals surface area contributed by atoms with E-state index in [1.54, 1.807) is 6.07 Å². The lowest BCUT2D eigenvalue weighted by atomic mass is 10.0. The van der Waals surface area contributed by atoms with Gasteiger partial charge in [-0.1, -0.05) is 0 Å². The molecule has 0 amide bonds. The second-order valence-electron chi connectivity index (χ2n) is 3.60. The monoisotopic (exact) mass is 252 g/mol. The fraction of sp³-hybridized carbons (Fsp3) is 0.364. The molecule has 0 radical (unpaired) electrons. The average Bonchev–Trinajstić information content (AvgIpc) is 2.37. The quantitative estimate of drug-likeness (QED) is 0.594. The van der Waals surface area contributed by atoms with Gasteiger partial charge in [-0.25, -0.2) is 0 Å². The Kier molecular flexibility index (Phi) is 4.59. The first-order chi connectivity index (χ1) is 8.49. The third-order valence-corrected chi connectivity index (χ3v) is 2.37. The molecule has 1 aromatic carbocycles. The van der Waals surface area contributed by atoms with Crippen molar-refractivity contribution < 1.29 is 19.9 Å². The number of ether oxygens (including phenoxy) is 1. The van der Waals surface area contributed by atoms with Crippen molar-refractivity contribution in [3.05, 3.63) is 33.9 Å². The first-order valence-corrected chi connectivity index (χ1v) is 5.06. The predicted octanol–water partition coefficient (Wildman–Crippen LogP) is 0.911. The molecule has 0 aliphatic carbocycles. The molecule has 0 heterocycles. The number of non-ortho nitro benzene ring substituents is 1. The summed E-state index contributed by atoms with van der Waals surface area (Å²) in [5.74, 6) is 0.197. The van der Waals surface area contributed by atoms with Crippen molar-refractivity contribution in [1.29, 1.82) is 5.26 Å². The van der Waals surface area contributed by atoms with E-state index in [0.29, 0.717) is 0 Å². The summed E-state index contributed by atoms with van der Waals surface area (Å²) in [5, 5.41) is 38.4. The Morgan fingerprint density at radius 2 is 2.17 bits per heavy atom. The Labute approximate surface area is 103 Å². The number of benzene rings is 1. The summed E-state index contributed by atoms with van der Waals surface area (Å²) in [6.07, 6.45) is -2.95. The Balaban J connectivity index is 3.11. The van der Waals surface area contributed by atoms with Gasteiger partial charge in [-0.2, -0.15) is 5.26 Å². The van der Waals surface area contributed by atoms with Gasteiger partial charge in [0.2, 0.25) is 0 Å². The number of rotatable bonds is 5. The van der Waals surface area contributed by atoms with Crippen LogP contribution in [0.15, 0.2) is 18.2 Å². The largest absolute Gasteiger partial charge is 0.496 e. The zero-order valence-corrected chi connectivity index (χ0v) is 9.61. The predicted molar refractivity (Wildman–Crippen MR) is 60.8 cm³/mol. The molecule has 2 N–H and O–H groups in total. The summed E-state index contributed by atoms with van der Waals surface area (Å²) in [6, 6.07) is 5.42. The third kappa shape index (κ3) is 3.16. The van der Waals surface area contributed by atoms with Gasteiger partial charge in [-0.15, -0.1) is 0 Å². The van der Waals surface area contributed by atoms with Gasteiger partial charge < -0.3 is 14.9 Å². The number of nitrogens with zero attached hydrogens (tertiary/aromatic N) is 2. The van der Waals surface area contributed by atoms with Crippen molar-refractivity contribution in [3.8, 4) is 11.8 Å². The van der Waals surface area contributed by atoms with Crippen molar-refractivity contribution in [2.45, 2.75) is 18.6 Å². The second kappa shape index (κ2) is 5.95. The summed E-state index contributed by atoms with van der Waals surface area (Å²) in [6.45, 7) is 0. The highest BCUT2D eigenvalue weighted by atomic mass is 16.6. The van der Waals surface area contributed by atoms with Crippen molar-refractivity contribution in [1.82, 2.24) is 0 Å². The van der Waals surface area contributed by atoms with Gasteiger partial charge in [-0.05, 0) is 11.6 Å². The Bertz CT molecular complexity index is 483. The maximum absolute atomic E-state index is 10.7. The molecule has 2 unspecified atom stereocenters. The number of hydrogen-bond donors (Lipinski definition) is 2. The van der Waals surface area contributed by atoms with Crippen LogP contribution in [0.25, 0.3) is 0 Å². The van der Waals surface area contributed by atoms with Crippen LogP contribution >= 0.6 is 0 Å². The fourth-order valence-corrected chi connectivity index (χ4v) is 1.43. The number of aliphatic hydroxyl groups excluding tert-OH is 2. The minimum Gasteiger partial charge on any atom is -0.496 e. The zero-order chi connectivity index (χ0) is 13.7. The van der Waals surface area contributed by atoms with Crippen LogP contribution in [-0.4, -0.2) is 28.4 Å². The minimum atomic E-state index is -1.38. The van der Waals surface area contributed by atoms with Crippen LogP contribution in [0.5, 0.6) is 5.75 Å².